The van der Waals surface area contributed by atoms with E-state index in [1.54, 1.807) is 6.07 Å². The number of hydrogen-bond acceptors (Lipinski definition) is 3. The minimum Gasteiger partial charge on any atom is -0.324 e. The second kappa shape index (κ2) is 6.08. The van der Waals surface area contributed by atoms with E-state index in [0.717, 1.165) is 35.7 Å². The summed E-state index contributed by atoms with van der Waals surface area (Å²) < 4.78 is 14.2. The number of nitrogens with zero attached hydrogens (tertiary/aromatic N) is 1. The lowest BCUT2D eigenvalue weighted by atomic mass is 9.97. The quantitative estimate of drug-likeness (QED) is 0.907. The van der Waals surface area contributed by atoms with Gasteiger partial charge in [-0.15, -0.1) is 0 Å². The monoisotopic (exact) mass is 313 g/mol. The van der Waals surface area contributed by atoms with E-state index >= 15 is 0 Å². The zero-order valence-electron chi connectivity index (χ0n) is 13.3. The van der Waals surface area contributed by atoms with Crippen LogP contribution in [0.2, 0.25) is 0 Å². The third kappa shape index (κ3) is 3.40. The number of rotatable bonds is 4. The molecule has 1 atom stereocenters. The van der Waals surface area contributed by atoms with E-state index in [1.165, 1.54) is 0 Å². The van der Waals surface area contributed by atoms with E-state index in [-0.39, 0.29) is 17.9 Å². The molecule has 120 valence electrons. The summed E-state index contributed by atoms with van der Waals surface area (Å²) in [7, 11) is 0. The number of halogens is 1. The highest BCUT2D eigenvalue weighted by atomic mass is 19.1. The van der Waals surface area contributed by atoms with Gasteiger partial charge in [-0.3, -0.25) is 4.79 Å². The number of nitrogens with two attached hydrogens (primary N) is 1. The lowest BCUT2D eigenvalue weighted by Crippen LogP contribution is -2.14. The number of anilines is 1. The van der Waals surface area contributed by atoms with Crippen LogP contribution in [0.4, 0.5) is 10.2 Å². The normalized spacial score (nSPS) is 15.3. The standard InChI is InChI=1S/C18H20FN3O/c1-10-7-13(5-6-14(10)11(2)20)15-8-17(21-9-16(15)19)22-18(23)12-3-4-12/h5-9,11-12H,3-4,20H2,1-2H3,(H,21,22,23). The van der Waals surface area contributed by atoms with Crippen LogP contribution in [0.5, 0.6) is 0 Å². The van der Waals surface area contributed by atoms with Crippen molar-refractivity contribution in [1.82, 2.24) is 4.98 Å². The van der Waals surface area contributed by atoms with Crippen molar-refractivity contribution in [3.8, 4) is 11.1 Å². The maximum atomic E-state index is 14.2. The summed E-state index contributed by atoms with van der Waals surface area (Å²) >= 11 is 0. The molecule has 5 heteroatoms. The van der Waals surface area contributed by atoms with Crippen molar-refractivity contribution in [3.05, 3.63) is 47.4 Å². The zero-order valence-corrected chi connectivity index (χ0v) is 13.3. The number of benzene rings is 1. The molecule has 23 heavy (non-hydrogen) atoms. The van der Waals surface area contributed by atoms with Crippen molar-refractivity contribution in [2.24, 2.45) is 11.7 Å². The first-order valence-corrected chi connectivity index (χ1v) is 7.78. The summed E-state index contributed by atoms with van der Waals surface area (Å²) in [5.41, 5.74) is 9.12. The number of aryl methyl sites for hydroxylation is 1. The minimum absolute atomic E-state index is 0.0430. The van der Waals surface area contributed by atoms with Crippen molar-refractivity contribution in [3.63, 3.8) is 0 Å². The van der Waals surface area contributed by atoms with Gasteiger partial charge >= 0.3 is 0 Å². The summed E-state index contributed by atoms with van der Waals surface area (Å²) in [6.45, 7) is 3.87. The molecule has 2 aromatic rings. The van der Waals surface area contributed by atoms with Crippen molar-refractivity contribution in [1.29, 1.82) is 0 Å². The molecule has 1 unspecified atom stereocenters. The zero-order chi connectivity index (χ0) is 16.6. The first-order chi connectivity index (χ1) is 11.0. The molecule has 0 saturated heterocycles. The van der Waals surface area contributed by atoms with Gasteiger partial charge in [0.15, 0.2) is 0 Å². The molecular formula is C18H20FN3O. The van der Waals surface area contributed by atoms with Crippen LogP contribution in [0, 0.1) is 18.7 Å². The third-order valence-corrected chi connectivity index (χ3v) is 4.13. The first kappa shape index (κ1) is 15.6. The number of amides is 1. The topological polar surface area (TPSA) is 68.0 Å². The van der Waals surface area contributed by atoms with E-state index in [4.69, 9.17) is 5.73 Å². The van der Waals surface area contributed by atoms with Crippen LogP contribution >= 0.6 is 0 Å². The molecule has 3 N–H and O–H groups in total. The molecule has 1 fully saturated rings. The molecule has 4 nitrogen and oxygen atoms in total. The fraction of sp³-hybridized carbons (Fsp3) is 0.333. The Kier molecular flexibility index (Phi) is 4.13. The van der Waals surface area contributed by atoms with E-state index in [0.29, 0.717) is 11.4 Å². The summed E-state index contributed by atoms with van der Waals surface area (Å²) in [5, 5.41) is 2.75. The fourth-order valence-electron chi connectivity index (χ4n) is 2.66. The second-order valence-electron chi connectivity index (χ2n) is 6.17. The molecule has 1 aromatic carbocycles. The largest absolute Gasteiger partial charge is 0.324 e. The Balaban J connectivity index is 1.92. The SMILES string of the molecule is Cc1cc(-c2cc(NC(=O)C3CC3)ncc2F)ccc1C(C)N. The number of pyridine rings is 1. The van der Waals surface area contributed by atoms with Gasteiger partial charge in [-0.25, -0.2) is 9.37 Å². The van der Waals surface area contributed by atoms with Crippen molar-refractivity contribution >= 4 is 11.7 Å². The van der Waals surface area contributed by atoms with Crippen LogP contribution in [0.25, 0.3) is 11.1 Å². The molecule has 1 aliphatic carbocycles. The Morgan fingerprint density at radius 1 is 1.39 bits per heavy atom. The average Bonchev–Trinajstić information content (AvgIpc) is 3.33. The van der Waals surface area contributed by atoms with Crippen LogP contribution < -0.4 is 11.1 Å². The third-order valence-electron chi connectivity index (χ3n) is 4.13. The van der Waals surface area contributed by atoms with Crippen LogP contribution in [0.3, 0.4) is 0 Å². The first-order valence-electron chi connectivity index (χ1n) is 7.78. The molecule has 1 aromatic heterocycles. The lowest BCUT2D eigenvalue weighted by molar-refractivity contribution is -0.117. The second-order valence-corrected chi connectivity index (χ2v) is 6.17. The smallest absolute Gasteiger partial charge is 0.228 e. The Bertz CT molecular complexity index is 754. The Morgan fingerprint density at radius 3 is 2.74 bits per heavy atom. The van der Waals surface area contributed by atoms with Crippen molar-refractivity contribution in [2.45, 2.75) is 32.7 Å². The molecule has 0 radical (unpaired) electrons. The van der Waals surface area contributed by atoms with E-state index in [2.05, 4.69) is 10.3 Å². The predicted molar refractivity (Wildman–Crippen MR) is 88.3 cm³/mol. The highest BCUT2D eigenvalue weighted by Gasteiger charge is 2.29. The highest BCUT2D eigenvalue weighted by Crippen LogP contribution is 2.31. The van der Waals surface area contributed by atoms with Crippen LogP contribution in [-0.2, 0) is 4.79 Å². The Labute approximate surface area is 134 Å². The van der Waals surface area contributed by atoms with Gasteiger partial charge in [0.1, 0.15) is 11.6 Å². The summed E-state index contributed by atoms with van der Waals surface area (Å²) in [6, 6.07) is 7.17. The summed E-state index contributed by atoms with van der Waals surface area (Å²) in [6.07, 6.45) is 2.97. The predicted octanol–water partition coefficient (Wildman–Crippen LogP) is 3.56. The van der Waals surface area contributed by atoms with Crippen LogP contribution in [0.1, 0.15) is 36.9 Å². The molecule has 1 heterocycles. The number of carbonyl (C=O) groups excluding carboxylic acids is 1. The van der Waals surface area contributed by atoms with Gasteiger partial charge in [0.05, 0.1) is 6.20 Å². The van der Waals surface area contributed by atoms with Gasteiger partial charge < -0.3 is 11.1 Å². The van der Waals surface area contributed by atoms with E-state index in [9.17, 15) is 9.18 Å². The molecule has 0 spiro atoms. The van der Waals surface area contributed by atoms with E-state index < -0.39 is 5.82 Å². The van der Waals surface area contributed by atoms with Gasteiger partial charge in [0, 0.05) is 17.5 Å². The Morgan fingerprint density at radius 2 is 2.13 bits per heavy atom. The highest BCUT2D eigenvalue weighted by molar-refractivity contribution is 5.93. The Hall–Kier alpha value is -2.27. The van der Waals surface area contributed by atoms with Gasteiger partial charge in [0.2, 0.25) is 5.91 Å². The minimum atomic E-state index is -0.414. The number of aromatic nitrogens is 1. The molecule has 1 aliphatic rings. The molecule has 1 amide bonds. The van der Waals surface area contributed by atoms with Gasteiger partial charge in [-0.05, 0) is 49.4 Å². The van der Waals surface area contributed by atoms with E-state index in [1.807, 2.05) is 32.0 Å². The molecule has 1 saturated carbocycles. The molecule has 0 aliphatic heterocycles. The molecule has 3 rings (SSSR count). The van der Waals surface area contributed by atoms with Gasteiger partial charge in [-0.2, -0.15) is 0 Å². The maximum absolute atomic E-state index is 14.2. The van der Waals surface area contributed by atoms with Gasteiger partial charge in [-0.1, -0.05) is 18.2 Å². The summed E-state index contributed by atoms with van der Waals surface area (Å²) in [5.74, 6) is 0.00556. The lowest BCUT2D eigenvalue weighted by Gasteiger charge is -2.13. The summed E-state index contributed by atoms with van der Waals surface area (Å²) in [4.78, 5) is 15.8. The fourth-order valence-corrected chi connectivity index (χ4v) is 2.66. The molecule has 0 bridgehead atoms. The number of nitrogens with one attached hydrogen (secondary N) is 1. The van der Waals surface area contributed by atoms with Crippen molar-refractivity contribution < 1.29 is 9.18 Å². The number of carbonyl (C=O) groups is 1. The maximum Gasteiger partial charge on any atom is 0.228 e. The van der Waals surface area contributed by atoms with Crippen LogP contribution in [0.15, 0.2) is 30.5 Å². The van der Waals surface area contributed by atoms with Crippen molar-refractivity contribution in [2.75, 3.05) is 5.32 Å². The van der Waals surface area contributed by atoms with Crippen LogP contribution in [-0.4, -0.2) is 10.9 Å². The number of hydrogen-bond donors (Lipinski definition) is 2. The van der Waals surface area contributed by atoms with Gasteiger partial charge in [0.25, 0.3) is 0 Å². The molecular weight excluding hydrogens is 293 g/mol. The average molecular weight is 313 g/mol.